The number of hydrogen-bond donors (Lipinski definition) is 1. The first kappa shape index (κ1) is 16.4. The highest BCUT2D eigenvalue weighted by molar-refractivity contribution is 7.88. The smallest absolute Gasteiger partial charge is 0.211 e. The van der Waals surface area contributed by atoms with Gasteiger partial charge in [-0.2, -0.15) is 0 Å². The molecular formula is C15H17ClFN3O2S. The molecule has 0 radical (unpaired) electrons. The van der Waals surface area contributed by atoms with Crippen LogP contribution in [0.15, 0.2) is 24.4 Å². The van der Waals surface area contributed by atoms with Gasteiger partial charge < -0.3 is 5.32 Å². The zero-order valence-electron chi connectivity index (χ0n) is 12.6. The van der Waals surface area contributed by atoms with E-state index >= 15 is 0 Å². The monoisotopic (exact) mass is 357 g/mol. The third-order valence-electron chi connectivity index (χ3n) is 4.01. The van der Waals surface area contributed by atoms with Crippen molar-refractivity contribution in [2.24, 2.45) is 0 Å². The molecule has 0 aliphatic carbocycles. The second-order valence-corrected chi connectivity index (χ2v) is 8.11. The number of nitrogens with zero attached hydrogens (tertiary/aromatic N) is 2. The summed E-state index contributed by atoms with van der Waals surface area (Å²) < 4.78 is 39.4. The molecule has 0 bridgehead atoms. The number of sulfonamides is 1. The van der Waals surface area contributed by atoms with E-state index in [2.05, 4.69) is 10.3 Å². The SMILES string of the molecule is CS(=O)(=O)N1CCCC(Nc2ccc3c(Cl)ccnc3c2F)C1. The van der Waals surface area contributed by atoms with Crippen LogP contribution in [0.4, 0.5) is 10.1 Å². The summed E-state index contributed by atoms with van der Waals surface area (Å²) >= 11 is 6.04. The molecule has 0 spiro atoms. The minimum absolute atomic E-state index is 0.135. The Hall–Kier alpha value is -1.44. The topological polar surface area (TPSA) is 62.3 Å². The number of pyridine rings is 1. The molecule has 0 saturated carbocycles. The van der Waals surface area contributed by atoms with Crippen LogP contribution in [0.25, 0.3) is 10.9 Å². The van der Waals surface area contributed by atoms with Gasteiger partial charge in [0.05, 0.1) is 17.0 Å². The fourth-order valence-corrected chi connectivity index (χ4v) is 3.96. The largest absolute Gasteiger partial charge is 0.379 e. The Labute approximate surface area is 139 Å². The molecule has 0 amide bonds. The molecule has 1 aromatic carbocycles. The molecule has 1 atom stereocenters. The Morgan fingerprint density at radius 1 is 1.39 bits per heavy atom. The van der Waals surface area contributed by atoms with E-state index in [1.165, 1.54) is 16.8 Å². The summed E-state index contributed by atoms with van der Waals surface area (Å²) in [4.78, 5) is 4.04. The molecule has 5 nitrogen and oxygen atoms in total. The minimum atomic E-state index is -3.23. The number of halogens is 2. The van der Waals surface area contributed by atoms with Crippen molar-refractivity contribution < 1.29 is 12.8 Å². The van der Waals surface area contributed by atoms with Gasteiger partial charge in [-0.15, -0.1) is 0 Å². The maximum Gasteiger partial charge on any atom is 0.211 e. The van der Waals surface area contributed by atoms with Crippen molar-refractivity contribution in [2.75, 3.05) is 24.7 Å². The van der Waals surface area contributed by atoms with Gasteiger partial charge in [0.2, 0.25) is 10.0 Å². The van der Waals surface area contributed by atoms with Crippen LogP contribution in [0.3, 0.4) is 0 Å². The predicted octanol–water partition coefficient (Wildman–Crippen LogP) is 2.86. The summed E-state index contributed by atoms with van der Waals surface area (Å²) in [5.41, 5.74) is 0.519. The molecule has 124 valence electrons. The van der Waals surface area contributed by atoms with Gasteiger partial charge in [-0.1, -0.05) is 11.6 Å². The highest BCUT2D eigenvalue weighted by Gasteiger charge is 2.26. The Balaban J connectivity index is 1.86. The molecule has 1 aliphatic heterocycles. The average molecular weight is 358 g/mol. The fourth-order valence-electron chi connectivity index (χ4n) is 2.84. The Bertz CT molecular complexity index is 844. The summed E-state index contributed by atoms with van der Waals surface area (Å²) in [7, 11) is -3.23. The lowest BCUT2D eigenvalue weighted by molar-refractivity contribution is 0.329. The van der Waals surface area contributed by atoms with Gasteiger partial charge in [0.1, 0.15) is 5.52 Å². The summed E-state index contributed by atoms with van der Waals surface area (Å²) in [6.45, 7) is 0.841. The van der Waals surface area contributed by atoms with Crippen molar-refractivity contribution in [3.63, 3.8) is 0 Å². The third kappa shape index (κ3) is 3.41. The van der Waals surface area contributed by atoms with Crippen molar-refractivity contribution >= 4 is 38.2 Å². The van der Waals surface area contributed by atoms with Gasteiger partial charge in [0, 0.05) is 30.7 Å². The first-order chi connectivity index (χ1) is 10.9. The maximum absolute atomic E-state index is 14.6. The lowest BCUT2D eigenvalue weighted by atomic mass is 10.1. The summed E-state index contributed by atoms with van der Waals surface area (Å²) in [5.74, 6) is -0.471. The average Bonchev–Trinajstić information content (AvgIpc) is 2.50. The first-order valence-corrected chi connectivity index (χ1v) is 9.53. The van der Waals surface area contributed by atoms with E-state index in [0.717, 1.165) is 12.8 Å². The van der Waals surface area contributed by atoms with Gasteiger partial charge in [0.15, 0.2) is 5.82 Å². The van der Waals surface area contributed by atoms with Gasteiger partial charge in [0.25, 0.3) is 0 Å². The quantitative estimate of drug-likeness (QED) is 0.917. The van der Waals surface area contributed by atoms with Crippen LogP contribution in [0, 0.1) is 5.82 Å². The Kier molecular flexibility index (Phi) is 4.44. The molecular weight excluding hydrogens is 341 g/mol. The second-order valence-electron chi connectivity index (χ2n) is 5.72. The standard InChI is InChI=1S/C15H17ClFN3O2S/c1-23(21,22)20-8-2-3-10(9-20)19-13-5-4-11-12(16)6-7-18-15(11)14(13)17/h4-7,10,19H,2-3,8-9H2,1H3. The molecule has 23 heavy (non-hydrogen) atoms. The molecule has 1 N–H and O–H groups in total. The number of aromatic nitrogens is 1. The summed E-state index contributed by atoms with van der Waals surface area (Å²) in [6.07, 6.45) is 4.18. The third-order valence-corrected chi connectivity index (χ3v) is 5.61. The normalized spacial score (nSPS) is 19.9. The van der Waals surface area contributed by atoms with E-state index in [1.807, 2.05) is 0 Å². The van der Waals surface area contributed by atoms with Crippen molar-refractivity contribution in [3.05, 3.63) is 35.2 Å². The van der Waals surface area contributed by atoms with Crippen LogP contribution in [0.2, 0.25) is 5.02 Å². The van der Waals surface area contributed by atoms with Crippen molar-refractivity contribution in [3.8, 4) is 0 Å². The van der Waals surface area contributed by atoms with Crippen molar-refractivity contribution in [1.29, 1.82) is 0 Å². The zero-order chi connectivity index (χ0) is 16.6. The van der Waals surface area contributed by atoms with Crippen LogP contribution in [-0.2, 0) is 10.0 Å². The highest BCUT2D eigenvalue weighted by Crippen LogP contribution is 2.29. The van der Waals surface area contributed by atoms with E-state index in [9.17, 15) is 12.8 Å². The number of piperidine rings is 1. The van der Waals surface area contributed by atoms with Gasteiger partial charge in [-0.3, -0.25) is 4.98 Å². The lowest BCUT2D eigenvalue weighted by Gasteiger charge is -2.32. The Morgan fingerprint density at radius 3 is 2.91 bits per heavy atom. The maximum atomic E-state index is 14.6. The van der Waals surface area contributed by atoms with Crippen LogP contribution >= 0.6 is 11.6 Å². The van der Waals surface area contributed by atoms with E-state index in [4.69, 9.17) is 11.6 Å². The number of nitrogens with one attached hydrogen (secondary N) is 1. The summed E-state index contributed by atoms with van der Waals surface area (Å²) in [5, 5.41) is 4.10. The molecule has 1 fully saturated rings. The van der Waals surface area contributed by atoms with E-state index in [0.29, 0.717) is 29.2 Å². The predicted molar refractivity (Wildman–Crippen MR) is 89.8 cm³/mol. The molecule has 1 aromatic heterocycles. The Morgan fingerprint density at radius 2 is 2.17 bits per heavy atom. The molecule has 8 heteroatoms. The van der Waals surface area contributed by atoms with E-state index in [1.54, 1.807) is 18.2 Å². The van der Waals surface area contributed by atoms with E-state index < -0.39 is 15.8 Å². The van der Waals surface area contributed by atoms with Gasteiger partial charge >= 0.3 is 0 Å². The molecule has 1 saturated heterocycles. The molecule has 2 aromatic rings. The van der Waals surface area contributed by atoms with Crippen LogP contribution in [-0.4, -0.2) is 43.1 Å². The zero-order valence-corrected chi connectivity index (χ0v) is 14.2. The van der Waals surface area contributed by atoms with Crippen LogP contribution in [0.5, 0.6) is 0 Å². The van der Waals surface area contributed by atoms with Crippen LogP contribution in [0.1, 0.15) is 12.8 Å². The number of fused-ring (bicyclic) bond motifs is 1. The second kappa shape index (κ2) is 6.22. The lowest BCUT2D eigenvalue weighted by Crippen LogP contribution is -2.44. The minimum Gasteiger partial charge on any atom is -0.379 e. The number of benzene rings is 1. The molecule has 3 rings (SSSR count). The first-order valence-electron chi connectivity index (χ1n) is 7.30. The highest BCUT2D eigenvalue weighted by atomic mass is 35.5. The van der Waals surface area contributed by atoms with Gasteiger partial charge in [-0.05, 0) is 31.0 Å². The van der Waals surface area contributed by atoms with Crippen molar-refractivity contribution in [1.82, 2.24) is 9.29 Å². The molecule has 2 heterocycles. The van der Waals surface area contributed by atoms with Crippen molar-refractivity contribution in [2.45, 2.75) is 18.9 Å². The summed E-state index contributed by atoms with van der Waals surface area (Å²) in [6, 6.07) is 4.81. The molecule has 1 aliphatic rings. The van der Waals surface area contributed by atoms with Gasteiger partial charge in [-0.25, -0.2) is 17.1 Å². The van der Waals surface area contributed by atoms with E-state index in [-0.39, 0.29) is 11.6 Å². The van der Waals surface area contributed by atoms with Crippen LogP contribution < -0.4 is 5.32 Å². The number of rotatable bonds is 3. The fraction of sp³-hybridized carbons (Fsp3) is 0.400. The number of hydrogen-bond acceptors (Lipinski definition) is 4. The molecule has 1 unspecified atom stereocenters. The number of anilines is 1.